The topological polar surface area (TPSA) is 101 Å². The van der Waals surface area contributed by atoms with Gasteiger partial charge < -0.3 is 15.2 Å². The van der Waals surface area contributed by atoms with Gasteiger partial charge in [0, 0.05) is 6.04 Å². The van der Waals surface area contributed by atoms with Crippen LogP contribution in [0, 0.1) is 5.92 Å². The van der Waals surface area contributed by atoms with Gasteiger partial charge in [-0.15, -0.1) is 0 Å². The van der Waals surface area contributed by atoms with Gasteiger partial charge in [0.15, 0.2) is 5.69 Å². The molecular weight excluding hydrogens is 262 g/mol. The SMILES string of the molecule is COC(=O)c1cncc(NC2CCCC(C(=O)O)C2)n1. The number of ether oxygens (including phenoxy) is 1. The molecular formula is C13H17N3O4. The molecule has 1 aromatic rings. The van der Waals surface area contributed by atoms with Crippen molar-refractivity contribution < 1.29 is 19.4 Å². The first-order valence-corrected chi connectivity index (χ1v) is 6.50. The molecule has 0 radical (unpaired) electrons. The zero-order valence-corrected chi connectivity index (χ0v) is 11.2. The molecule has 1 aliphatic carbocycles. The number of carboxylic acids is 1. The van der Waals surface area contributed by atoms with Crippen molar-refractivity contribution in [3.63, 3.8) is 0 Å². The van der Waals surface area contributed by atoms with E-state index in [-0.39, 0.29) is 17.7 Å². The Morgan fingerprint density at radius 1 is 1.40 bits per heavy atom. The second-order valence-corrected chi connectivity index (χ2v) is 4.82. The number of anilines is 1. The summed E-state index contributed by atoms with van der Waals surface area (Å²) in [6, 6.07) is 0.0343. The molecule has 2 atom stereocenters. The number of carboxylic acid groups (broad SMARTS) is 1. The lowest BCUT2D eigenvalue weighted by atomic mass is 9.86. The van der Waals surface area contributed by atoms with Gasteiger partial charge in [0.05, 0.1) is 25.4 Å². The largest absolute Gasteiger partial charge is 0.481 e. The van der Waals surface area contributed by atoms with Crippen molar-refractivity contribution in [3.8, 4) is 0 Å². The summed E-state index contributed by atoms with van der Waals surface area (Å²) in [4.78, 5) is 30.4. The second kappa shape index (κ2) is 6.31. The van der Waals surface area contributed by atoms with Crippen LogP contribution in [0.25, 0.3) is 0 Å². The van der Waals surface area contributed by atoms with Gasteiger partial charge in [-0.05, 0) is 19.3 Å². The number of nitrogens with one attached hydrogen (secondary N) is 1. The van der Waals surface area contributed by atoms with Crippen LogP contribution in [0.2, 0.25) is 0 Å². The predicted octanol–water partition coefficient (Wildman–Crippen LogP) is 1.32. The Morgan fingerprint density at radius 3 is 2.90 bits per heavy atom. The number of carbonyl (C=O) groups excluding carboxylic acids is 1. The fourth-order valence-corrected chi connectivity index (χ4v) is 2.39. The normalized spacial score (nSPS) is 22.1. The van der Waals surface area contributed by atoms with Crippen LogP contribution in [0.3, 0.4) is 0 Å². The lowest BCUT2D eigenvalue weighted by molar-refractivity contribution is -0.142. The molecule has 2 N–H and O–H groups in total. The molecule has 1 saturated carbocycles. The number of carbonyl (C=O) groups is 2. The average Bonchev–Trinajstić information content (AvgIpc) is 2.47. The highest BCUT2D eigenvalue weighted by molar-refractivity contribution is 5.87. The highest BCUT2D eigenvalue weighted by Crippen LogP contribution is 2.26. The Labute approximate surface area is 116 Å². The van der Waals surface area contributed by atoms with E-state index in [9.17, 15) is 9.59 Å². The molecule has 7 nitrogen and oxygen atoms in total. The molecule has 108 valence electrons. The number of aliphatic carboxylic acids is 1. The van der Waals surface area contributed by atoms with Gasteiger partial charge >= 0.3 is 11.9 Å². The molecule has 1 heterocycles. The van der Waals surface area contributed by atoms with E-state index in [2.05, 4.69) is 20.0 Å². The van der Waals surface area contributed by atoms with Gasteiger partial charge in [0.2, 0.25) is 0 Å². The van der Waals surface area contributed by atoms with Crippen molar-refractivity contribution >= 4 is 17.8 Å². The predicted molar refractivity (Wildman–Crippen MR) is 70.4 cm³/mol. The van der Waals surface area contributed by atoms with Crippen molar-refractivity contribution in [2.45, 2.75) is 31.7 Å². The number of hydrogen-bond acceptors (Lipinski definition) is 6. The van der Waals surface area contributed by atoms with Crippen molar-refractivity contribution in [1.82, 2.24) is 9.97 Å². The van der Waals surface area contributed by atoms with E-state index >= 15 is 0 Å². The summed E-state index contributed by atoms with van der Waals surface area (Å²) in [6.45, 7) is 0. The molecule has 0 bridgehead atoms. The van der Waals surface area contributed by atoms with Gasteiger partial charge in [-0.3, -0.25) is 9.78 Å². The monoisotopic (exact) mass is 279 g/mol. The fourth-order valence-electron chi connectivity index (χ4n) is 2.39. The van der Waals surface area contributed by atoms with Crippen LogP contribution in [-0.2, 0) is 9.53 Å². The number of rotatable bonds is 4. The number of methoxy groups -OCH3 is 1. The maximum atomic E-state index is 11.4. The first kappa shape index (κ1) is 14.2. The first-order valence-electron chi connectivity index (χ1n) is 6.50. The van der Waals surface area contributed by atoms with Crippen LogP contribution in [-0.4, -0.2) is 40.2 Å². The summed E-state index contributed by atoms with van der Waals surface area (Å²) < 4.78 is 4.58. The molecule has 0 spiro atoms. The molecule has 1 aliphatic rings. The van der Waals surface area contributed by atoms with Gasteiger partial charge in [-0.25, -0.2) is 9.78 Å². The van der Waals surface area contributed by atoms with Crippen LogP contribution >= 0.6 is 0 Å². The van der Waals surface area contributed by atoms with Gasteiger partial charge in [-0.1, -0.05) is 6.42 Å². The lowest BCUT2D eigenvalue weighted by Crippen LogP contribution is -2.31. The highest BCUT2D eigenvalue weighted by atomic mass is 16.5. The van der Waals surface area contributed by atoms with Crippen molar-refractivity contribution in [2.75, 3.05) is 12.4 Å². The molecule has 0 aliphatic heterocycles. The van der Waals surface area contributed by atoms with Crippen LogP contribution in [0.15, 0.2) is 12.4 Å². The molecule has 20 heavy (non-hydrogen) atoms. The minimum Gasteiger partial charge on any atom is -0.481 e. The standard InChI is InChI=1S/C13H17N3O4/c1-20-13(19)10-6-14-7-11(16-10)15-9-4-2-3-8(5-9)12(17)18/h6-9H,2-5H2,1H3,(H,15,16)(H,17,18). The van der Waals surface area contributed by atoms with Gasteiger partial charge in [-0.2, -0.15) is 0 Å². The Morgan fingerprint density at radius 2 is 2.20 bits per heavy atom. The Hall–Kier alpha value is -2.18. The van der Waals surface area contributed by atoms with Crippen LogP contribution < -0.4 is 5.32 Å². The summed E-state index contributed by atoms with van der Waals surface area (Å²) in [5.41, 5.74) is 0.128. The molecule has 1 fully saturated rings. The third-order valence-corrected chi connectivity index (χ3v) is 3.40. The molecule has 1 aromatic heterocycles. The zero-order chi connectivity index (χ0) is 14.5. The van der Waals surface area contributed by atoms with Crippen molar-refractivity contribution in [2.24, 2.45) is 5.92 Å². The van der Waals surface area contributed by atoms with Crippen LogP contribution in [0.5, 0.6) is 0 Å². The summed E-state index contributed by atoms with van der Waals surface area (Å²) >= 11 is 0. The minimum atomic E-state index is -0.758. The molecule has 0 amide bonds. The Balaban J connectivity index is 2.02. The zero-order valence-electron chi connectivity index (χ0n) is 11.2. The molecule has 0 saturated heterocycles. The van der Waals surface area contributed by atoms with E-state index in [1.807, 2.05) is 0 Å². The third-order valence-electron chi connectivity index (χ3n) is 3.40. The summed E-state index contributed by atoms with van der Waals surface area (Å²) in [6.07, 6.45) is 5.85. The second-order valence-electron chi connectivity index (χ2n) is 4.82. The van der Waals surface area contributed by atoms with E-state index in [0.29, 0.717) is 18.7 Å². The molecule has 2 unspecified atom stereocenters. The molecule has 2 rings (SSSR count). The van der Waals surface area contributed by atoms with E-state index in [0.717, 1.165) is 12.8 Å². The van der Waals surface area contributed by atoms with Crippen LogP contribution in [0.4, 0.5) is 5.82 Å². The number of hydrogen-bond donors (Lipinski definition) is 2. The van der Waals surface area contributed by atoms with E-state index in [1.54, 1.807) is 0 Å². The van der Waals surface area contributed by atoms with E-state index < -0.39 is 11.9 Å². The maximum absolute atomic E-state index is 11.4. The Kier molecular flexibility index (Phi) is 4.49. The maximum Gasteiger partial charge on any atom is 0.358 e. The summed E-state index contributed by atoms with van der Waals surface area (Å²) in [5, 5.41) is 12.2. The van der Waals surface area contributed by atoms with Gasteiger partial charge in [0.25, 0.3) is 0 Å². The first-order chi connectivity index (χ1) is 9.60. The van der Waals surface area contributed by atoms with Crippen molar-refractivity contribution in [1.29, 1.82) is 0 Å². The summed E-state index contributed by atoms with van der Waals surface area (Å²) in [5.74, 6) is -1.17. The minimum absolute atomic E-state index is 0.0343. The summed E-state index contributed by atoms with van der Waals surface area (Å²) in [7, 11) is 1.28. The smallest absolute Gasteiger partial charge is 0.358 e. The fraction of sp³-hybridized carbons (Fsp3) is 0.538. The number of aromatic nitrogens is 2. The van der Waals surface area contributed by atoms with E-state index in [1.165, 1.54) is 19.5 Å². The molecule has 7 heteroatoms. The molecule has 0 aromatic carbocycles. The highest BCUT2D eigenvalue weighted by Gasteiger charge is 2.27. The van der Waals surface area contributed by atoms with E-state index in [4.69, 9.17) is 5.11 Å². The average molecular weight is 279 g/mol. The van der Waals surface area contributed by atoms with Crippen molar-refractivity contribution in [3.05, 3.63) is 18.1 Å². The Bertz CT molecular complexity index is 506. The number of nitrogens with zero attached hydrogens (tertiary/aromatic N) is 2. The third kappa shape index (κ3) is 3.43. The quantitative estimate of drug-likeness (QED) is 0.801. The number of esters is 1. The van der Waals surface area contributed by atoms with Crippen LogP contribution in [0.1, 0.15) is 36.2 Å². The lowest BCUT2D eigenvalue weighted by Gasteiger charge is -2.27. The van der Waals surface area contributed by atoms with Gasteiger partial charge in [0.1, 0.15) is 5.82 Å².